The van der Waals surface area contributed by atoms with Crippen LogP contribution in [0.4, 0.5) is 5.69 Å². The lowest BCUT2D eigenvalue weighted by atomic mass is 10.0. The zero-order valence-corrected chi connectivity index (χ0v) is 14.5. The molecule has 0 bridgehead atoms. The van der Waals surface area contributed by atoms with Gasteiger partial charge in [0.15, 0.2) is 10.9 Å². The fourth-order valence-corrected chi connectivity index (χ4v) is 3.98. The highest BCUT2D eigenvalue weighted by molar-refractivity contribution is 9.10. The van der Waals surface area contributed by atoms with Crippen molar-refractivity contribution in [2.45, 2.75) is 12.6 Å². The lowest BCUT2D eigenvalue weighted by Gasteiger charge is -2.33. The molecule has 0 saturated carbocycles. The average molecular weight is 378 g/mol. The van der Waals surface area contributed by atoms with Gasteiger partial charge in [-0.05, 0) is 31.2 Å². The van der Waals surface area contributed by atoms with Gasteiger partial charge < -0.3 is 10.0 Å². The van der Waals surface area contributed by atoms with Crippen molar-refractivity contribution in [3.05, 3.63) is 58.8 Å². The first kappa shape index (κ1) is 15.5. The number of aliphatic hydroxyl groups is 1. The van der Waals surface area contributed by atoms with E-state index in [-0.39, 0.29) is 0 Å². The van der Waals surface area contributed by atoms with E-state index < -0.39 is 5.72 Å². The number of hydrogen-bond donors (Lipinski definition) is 1. The predicted molar refractivity (Wildman–Crippen MR) is 94.2 cm³/mol. The topological polar surface area (TPSA) is 48.7 Å². The van der Waals surface area contributed by atoms with Gasteiger partial charge >= 0.3 is 0 Å². The number of thioether (sulfide) groups is 1. The molecule has 1 aromatic carbocycles. The minimum Gasteiger partial charge on any atom is -0.366 e. The third-order valence-corrected chi connectivity index (χ3v) is 5.22. The Labute approximate surface area is 142 Å². The van der Waals surface area contributed by atoms with Gasteiger partial charge in [0.1, 0.15) is 0 Å². The number of aliphatic imine (C=N–C) groups is 1. The van der Waals surface area contributed by atoms with E-state index in [1.807, 2.05) is 48.2 Å². The molecule has 0 radical (unpaired) electrons. The molecular weight excluding hydrogens is 362 g/mol. The first-order chi connectivity index (χ1) is 10.6. The molecule has 4 nitrogen and oxygen atoms in total. The first-order valence-electron chi connectivity index (χ1n) is 7.01. The second-order valence-corrected chi connectivity index (χ2v) is 6.82. The van der Waals surface area contributed by atoms with Gasteiger partial charge in [0.05, 0.1) is 17.6 Å². The number of aromatic nitrogens is 1. The van der Waals surface area contributed by atoms with Crippen LogP contribution in [0.25, 0.3) is 0 Å². The Kier molecular flexibility index (Phi) is 4.52. The van der Waals surface area contributed by atoms with Crippen LogP contribution in [0.3, 0.4) is 0 Å². The molecule has 1 aliphatic heterocycles. The molecule has 0 aliphatic carbocycles. The van der Waals surface area contributed by atoms with Crippen molar-refractivity contribution in [2.24, 2.45) is 4.99 Å². The molecule has 1 saturated heterocycles. The summed E-state index contributed by atoms with van der Waals surface area (Å²) >= 11 is 4.99. The highest BCUT2D eigenvalue weighted by Gasteiger charge is 2.43. The summed E-state index contributed by atoms with van der Waals surface area (Å²) in [6.07, 6.45) is 3.44. The zero-order valence-electron chi connectivity index (χ0n) is 12.1. The second-order valence-electron chi connectivity index (χ2n) is 4.96. The monoisotopic (exact) mass is 377 g/mol. The van der Waals surface area contributed by atoms with Crippen molar-refractivity contribution in [1.29, 1.82) is 0 Å². The number of halogens is 1. The zero-order chi connectivity index (χ0) is 15.6. The van der Waals surface area contributed by atoms with Crippen molar-refractivity contribution in [1.82, 2.24) is 9.88 Å². The third kappa shape index (κ3) is 2.91. The van der Waals surface area contributed by atoms with E-state index in [1.165, 1.54) is 0 Å². The SMILES string of the molecule is CCN1C(=Nc2cccnc2)SC[C@@]1(O)c1ccc(Br)cc1. The summed E-state index contributed by atoms with van der Waals surface area (Å²) in [6.45, 7) is 2.70. The fourth-order valence-electron chi connectivity index (χ4n) is 2.46. The Bertz CT molecular complexity index is 678. The molecule has 6 heteroatoms. The summed E-state index contributed by atoms with van der Waals surface area (Å²) in [5.41, 5.74) is 0.645. The van der Waals surface area contributed by atoms with Gasteiger partial charge in [-0.25, -0.2) is 4.99 Å². The molecular formula is C16H16BrN3OS. The van der Waals surface area contributed by atoms with Crippen LogP contribution >= 0.6 is 27.7 Å². The summed E-state index contributed by atoms with van der Waals surface area (Å²) in [4.78, 5) is 10.6. The van der Waals surface area contributed by atoms with Gasteiger partial charge in [0.2, 0.25) is 0 Å². The van der Waals surface area contributed by atoms with Crippen molar-refractivity contribution < 1.29 is 5.11 Å². The summed E-state index contributed by atoms with van der Waals surface area (Å²) in [5, 5.41) is 12.0. The first-order valence-corrected chi connectivity index (χ1v) is 8.79. The molecule has 114 valence electrons. The second kappa shape index (κ2) is 6.40. The molecule has 1 N–H and O–H groups in total. The number of amidine groups is 1. The van der Waals surface area contributed by atoms with Crippen LogP contribution in [0.1, 0.15) is 12.5 Å². The van der Waals surface area contributed by atoms with Crippen LogP contribution in [0.2, 0.25) is 0 Å². The molecule has 1 fully saturated rings. The Balaban J connectivity index is 1.95. The van der Waals surface area contributed by atoms with E-state index in [2.05, 4.69) is 25.9 Å². The average Bonchev–Trinajstić information content (AvgIpc) is 2.86. The maximum Gasteiger partial charge on any atom is 0.175 e. The Morgan fingerprint density at radius 1 is 1.36 bits per heavy atom. The quantitative estimate of drug-likeness (QED) is 0.884. The van der Waals surface area contributed by atoms with Gasteiger partial charge in [-0.1, -0.05) is 39.8 Å². The maximum atomic E-state index is 11.2. The molecule has 0 spiro atoms. The Morgan fingerprint density at radius 2 is 2.14 bits per heavy atom. The molecule has 1 aliphatic rings. The predicted octanol–water partition coefficient (Wildman–Crippen LogP) is 3.75. The molecule has 3 rings (SSSR count). The van der Waals surface area contributed by atoms with E-state index in [9.17, 15) is 5.11 Å². The Morgan fingerprint density at radius 3 is 2.77 bits per heavy atom. The van der Waals surface area contributed by atoms with Crippen LogP contribution < -0.4 is 0 Å². The maximum absolute atomic E-state index is 11.2. The van der Waals surface area contributed by atoms with Gasteiger partial charge in [0.25, 0.3) is 0 Å². The van der Waals surface area contributed by atoms with Crippen LogP contribution in [-0.2, 0) is 5.72 Å². The molecule has 2 heterocycles. The lowest BCUT2D eigenvalue weighted by molar-refractivity contribution is -0.0452. The summed E-state index contributed by atoms with van der Waals surface area (Å²) in [7, 11) is 0. The normalized spacial score (nSPS) is 23.2. The summed E-state index contributed by atoms with van der Waals surface area (Å²) in [5.74, 6) is 0.557. The molecule has 0 unspecified atom stereocenters. The molecule has 22 heavy (non-hydrogen) atoms. The largest absolute Gasteiger partial charge is 0.366 e. The number of benzene rings is 1. The van der Waals surface area contributed by atoms with Gasteiger partial charge in [-0.15, -0.1) is 0 Å². The minimum atomic E-state index is -1.03. The van der Waals surface area contributed by atoms with Crippen LogP contribution in [0.5, 0.6) is 0 Å². The number of nitrogens with zero attached hydrogens (tertiary/aromatic N) is 3. The molecule has 1 aromatic heterocycles. The minimum absolute atomic E-state index is 0.557. The van der Waals surface area contributed by atoms with E-state index in [1.54, 1.807) is 24.2 Å². The molecule has 1 atom stereocenters. The third-order valence-electron chi connectivity index (χ3n) is 3.57. The van der Waals surface area contributed by atoms with E-state index in [4.69, 9.17) is 0 Å². The van der Waals surface area contributed by atoms with E-state index >= 15 is 0 Å². The molecule has 0 amide bonds. The van der Waals surface area contributed by atoms with Crippen molar-refractivity contribution >= 4 is 38.5 Å². The number of hydrogen-bond acceptors (Lipinski definition) is 4. The van der Waals surface area contributed by atoms with Crippen LogP contribution in [-0.4, -0.2) is 32.5 Å². The number of rotatable bonds is 3. The Hall–Kier alpha value is -1.37. The highest BCUT2D eigenvalue weighted by Crippen LogP contribution is 2.39. The molecule has 2 aromatic rings. The van der Waals surface area contributed by atoms with Gasteiger partial charge in [0, 0.05) is 22.8 Å². The van der Waals surface area contributed by atoms with Crippen LogP contribution in [0, 0.1) is 0 Å². The van der Waals surface area contributed by atoms with Crippen molar-refractivity contribution in [3.8, 4) is 0 Å². The summed E-state index contributed by atoms with van der Waals surface area (Å²) in [6, 6.07) is 11.5. The van der Waals surface area contributed by atoms with Crippen molar-refractivity contribution in [3.63, 3.8) is 0 Å². The van der Waals surface area contributed by atoms with Gasteiger partial charge in [-0.3, -0.25) is 4.98 Å². The lowest BCUT2D eigenvalue weighted by Crippen LogP contribution is -2.44. The van der Waals surface area contributed by atoms with E-state index in [0.717, 1.165) is 20.9 Å². The standard InChI is InChI=1S/C16H16BrN3OS/c1-2-20-15(19-14-4-3-9-18-10-14)22-11-16(20,21)12-5-7-13(17)8-6-12/h3-10,21H,2,11H2,1H3/t16-/m1/s1. The van der Waals surface area contributed by atoms with E-state index in [0.29, 0.717) is 12.3 Å². The fraction of sp³-hybridized carbons (Fsp3) is 0.250. The van der Waals surface area contributed by atoms with Gasteiger partial charge in [-0.2, -0.15) is 0 Å². The van der Waals surface area contributed by atoms with Crippen molar-refractivity contribution in [2.75, 3.05) is 12.3 Å². The van der Waals surface area contributed by atoms with Crippen LogP contribution in [0.15, 0.2) is 58.3 Å². The number of pyridine rings is 1. The summed E-state index contributed by atoms with van der Waals surface area (Å²) < 4.78 is 0.998. The highest BCUT2D eigenvalue weighted by atomic mass is 79.9. The smallest absolute Gasteiger partial charge is 0.175 e.